The molecular formula is C30H28N4O3S. The van der Waals surface area contributed by atoms with Crippen molar-refractivity contribution in [1.82, 2.24) is 14.8 Å². The first-order valence-corrected chi connectivity index (χ1v) is 13.8. The lowest BCUT2D eigenvalue weighted by molar-refractivity contribution is -0.116. The number of carbonyl (C=O) groups excluding carboxylic acids is 2. The van der Waals surface area contributed by atoms with Crippen molar-refractivity contribution in [3.63, 3.8) is 0 Å². The molecule has 7 nitrogen and oxygen atoms in total. The summed E-state index contributed by atoms with van der Waals surface area (Å²) in [4.78, 5) is 37.3. The zero-order valence-electron chi connectivity index (χ0n) is 20.9. The third kappa shape index (κ3) is 4.97. The molecule has 3 aromatic carbocycles. The number of benzene rings is 3. The number of aromatic nitrogens is 1. The van der Waals surface area contributed by atoms with Gasteiger partial charge in [0.05, 0.1) is 17.5 Å². The highest BCUT2D eigenvalue weighted by Crippen LogP contribution is 2.36. The van der Waals surface area contributed by atoms with E-state index in [9.17, 15) is 9.59 Å². The highest BCUT2D eigenvalue weighted by Gasteiger charge is 2.30. The van der Waals surface area contributed by atoms with Gasteiger partial charge >= 0.3 is 0 Å². The number of nitrogens with zero attached hydrogens (tertiary/aromatic N) is 4. The molecule has 192 valence electrons. The van der Waals surface area contributed by atoms with Gasteiger partial charge < -0.3 is 14.2 Å². The van der Waals surface area contributed by atoms with E-state index in [2.05, 4.69) is 58.4 Å². The van der Waals surface area contributed by atoms with Crippen LogP contribution in [0.1, 0.15) is 33.5 Å². The second kappa shape index (κ2) is 10.8. The van der Waals surface area contributed by atoms with Crippen molar-refractivity contribution in [1.29, 1.82) is 0 Å². The minimum atomic E-state index is -0.142. The van der Waals surface area contributed by atoms with Crippen molar-refractivity contribution in [2.75, 3.05) is 36.8 Å². The number of carbonyl (C=O) groups is 2. The molecule has 1 aromatic heterocycles. The number of rotatable bonds is 6. The molecular weight excluding hydrogens is 496 g/mol. The fourth-order valence-electron chi connectivity index (χ4n) is 5.17. The van der Waals surface area contributed by atoms with E-state index in [4.69, 9.17) is 4.42 Å². The van der Waals surface area contributed by atoms with Gasteiger partial charge in [-0.2, -0.15) is 0 Å². The monoisotopic (exact) mass is 524 g/mol. The first-order chi connectivity index (χ1) is 18.7. The molecule has 1 saturated heterocycles. The van der Waals surface area contributed by atoms with E-state index in [1.807, 2.05) is 41.3 Å². The van der Waals surface area contributed by atoms with Gasteiger partial charge in [-0.15, -0.1) is 11.8 Å². The number of fused-ring (bicyclic) bond motifs is 1. The third-order valence-electron chi connectivity index (χ3n) is 7.07. The zero-order valence-corrected chi connectivity index (χ0v) is 21.7. The molecule has 6 rings (SSSR count). The van der Waals surface area contributed by atoms with E-state index in [0.29, 0.717) is 24.7 Å². The number of thioether (sulfide) groups is 1. The largest absolute Gasteiger partial charge is 0.446 e. The summed E-state index contributed by atoms with van der Waals surface area (Å²) in [5.74, 6) is 0.592. The summed E-state index contributed by atoms with van der Waals surface area (Å²) >= 11 is 1.53. The molecule has 38 heavy (non-hydrogen) atoms. The van der Waals surface area contributed by atoms with Crippen LogP contribution >= 0.6 is 11.8 Å². The summed E-state index contributed by atoms with van der Waals surface area (Å²) in [6, 6.07) is 28.9. The van der Waals surface area contributed by atoms with Gasteiger partial charge in [0.25, 0.3) is 5.91 Å². The van der Waals surface area contributed by atoms with Crippen LogP contribution in [0.4, 0.5) is 5.69 Å². The van der Waals surface area contributed by atoms with Crippen molar-refractivity contribution in [3.05, 3.63) is 114 Å². The van der Waals surface area contributed by atoms with Crippen molar-refractivity contribution in [2.24, 2.45) is 0 Å². The number of anilines is 1. The van der Waals surface area contributed by atoms with Crippen LogP contribution in [0.5, 0.6) is 0 Å². The number of para-hydroxylation sites is 1. The molecule has 0 radical (unpaired) electrons. The molecule has 1 fully saturated rings. The summed E-state index contributed by atoms with van der Waals surface area (Å²) in [5, 5.41) is 0. The predicted molar refractivity (Wildman–Crippen MR) is 147 cm³/mol. The Morgan fingerprint density at radius 3 is 2.18 bits per heavy atom. The molecule has 0 atom stereocenters. The maximum Gasteiger partial charge on any atom is 0.275 e. The van der Waals surface area contributed by atoms with E-state index >= 15 is 0 Å². The normalized spacial score (nSPS) is 16.1. The predicted octanol–water partition coefficient (Wildman–Crippen LogP) is 4.86. The average molecular weight is 525 g/mol. The first-order valence-electron chi connectivity index (χ1n) is 12.8. The maximum atomic E-state index is 13.3. The Morgan fingerprint density at radius 1 is 0.868 bits per heavy atom. The van der Waals surface area contributed by atoms with Crippen LogP contribution in [0.2, 0.25) is 0 Å². The molecule has 0 unspecified atom stereocenters. The highest BCUT2D eigenvalue weighted by molar-refractivity contribution is 8.00. The molecule has 3 heterocycles. The number of hydrogen-bond donors (Lipinski definition) is 0. The number of amides is 2. The van der Waals surface area contributed by atoms with Gasteiger partial charge in [-0.1, -0.05) is 72.8 Å². The Kier molecular flexibility index (Phi) is 6.98. The number of oxazole rings is 1. The quantitative estimate of drug-likeness (QED) is 0.359. The van der Waals surface area contributed by atoms with Crippen molar-refractivity contribution < 1.29 is 14.0 Å². The van der Waals surface area contributed by atoms with E-state index in [0.717, 1.165) is 23.7 Å². The third-order valence-corrected chi connectivity index (χ3v) is 8.12. The summed E-state index contributed by atoms with van der Waals surface area (Å²) in [7, 11) is 0. The Labute approximate surface area is 226 Å². The molecule has 2 aliphatic heterocycles. The van der Waals surface area contributed by atoms with Crippen LogP contribution in [0.3, 0.4) is 0 Å². The van der Waals surface area contributed by atoms with E-state index in [1.165, 1.54) is 29.2 Å². The molecule has 2 amide bonds. The first kappa shape index (κ1) is 24.5. The van der Waals surface area contributed by atoms with Gasteiger partial charge in [-0.05, 0) is 23.3 Å². The highest BCUT2D eigenvalue weighted by atomic mass is 32.2. The van der Waals surface area contributed by atoms with Crippen molar-refractivity contribution in [3.8, 4) is 0 Å². The molecule has 8 heteroatoms. The molecule has 0 saturated carbocycles. The fraction of sp³-hybridized carbons (Fsp3) is 0.233. The molecule has 0 bridgehead atoms. The lowest BCUT2D eigenvalue weighted by Crippen LogP contribution is -2.50. The lowest BCUT2D eigenvalue weighted by Gasteiger charge is -2.39. The Hall–Kier alpha value is -3.88. The van der Waals surface area contributed by atoms with Crippen LogP contribution in [-0.2, 0) is 11.3 Å². The molecule has 0 spiro atoms. The van der Waals surface area contributed by atoms with Crippen LogP contribution in [0.15, 0.2) is 101 Å². The average Bonchev–Trinajstić information content (AvgIpc) is 3.45. The molecule has 4 aromatic rings. The fourth-order valence-corrected chi connectivity index (χ4v) is 6.11. The summed E-state index contributed by atoms with van der Waals surface area (Å²) < 4.78 is 5.65. The van der Waals surface area contributed by atoms with Gasteiger partial charge in [0.15, 0.2) is 5.69 Å². The topological polar surface area (TPSA) is 69.9 Å². The van der Waals surface area contributed by atoms with E-state index < -0.39 is 0 Å². The molecule has 2 aliphatic rings. The maximum absolute atomic E-state index is 13.3. The van der Waals surface area contributed by atoms with Gasteiger partial charge in [0.2, 0.25) is 11.8 Å². The van der Waals surface area contributed by atoms with Crippen LogP contribution < -0.4 is 4.90 Å². The second-order valence-electron chi connectivity index (χ2n) is 9.41. The van der Waals surface area contributed by atoms with Crippen molar-refractivity contribution in [2.45, 2.75) is 17.5 Å². The van der Waals surface area contributed by atoms with Crippen LogP contribution in [0, 0.1) is 0 Å². The van der Waals surface area contributed by atoms with Crippen LogP contribution in [0.25, 0.3) is 0 Å². The second-order valence-corrected chi connectivity index (χ2v) is 10.4. The smallest absolute Gasteiger partial charge is 0.275 e. The van der Waals surface area contributed by atoms with Gasteiger partial charge in [0.1, 0.15) is 12.8 Å². The Balaban J connectivity index is 1.13. The van der Waals surface area contributed by atoms with Gasteiger partial charge in [-0.25, -0.2) is 4.98 Å². The zero-order chi connectivity index (χ0) is 25.9. The van der Waals surface area contributed by atoms with Crippen LogP contribution in [-0.4, -0.2) is 58.5 Å². The SMILES string of the molecule is O=C(c1coc(CN2C(=O)CSc3ccccc32)n1)N1CCN(C(c2ccccc2)c2ccccc2)CC1. The summed E-state index contributed by atoms with van der Waals surface area (Å²) in [6.07, 6.45) is 1.41. The summed E-state index contributed by atoms with van der Waals surface area (Å²) in [6.45, 7) is 2.91. The number of piperazine rings is 1. The Morgan fingerprint density at radius 2 is 1.50 bits per heavy atom. The number of hydrogen-bond acceptors (Lipinski definition) is 6. The van der Waals surface area contributed by atoms with Gasteiger partial charge in [0, 0.05) is 31.1 Å². The minimum Gasteiger partial charge on any atom is -0.446 e. The standard InChI is InChI=1S/C30H28N4O3S/c35-28-21-38-26-14-8-7-13-25(26)34(28)19-27-31-24(20-37-27)30(36)33-17-15-32(16-18-33)29(22-9-3-1-4-10-22)23-11-5-2-6-12-23/h1-14,20,29H,15-19,21H2. The van der Waals surface area contributed by atoms with E-state index in [-0.39, 0.29) is 30.1 Å². The molecule has 0 N–H and O–H groups in total. The summed E-state index contributed by atoms with van der Waals surface area (Å²) in [5.41, 5.74) is 3.62. The van der Waals surface area contributed by atoms with Gasteiger partial charge in [-0.3, -0.25) is 14.5 Å². The minimum absolute atomic E-state index is 0.00212. The van der Waals surface area contributed by atoms with Crippen molar-refractivity contribution >= 4 is 29.3 Å². The Bertz CT molecular complexity index is 1380. The lowest BCUT2D eigenvalue weighted by atomic mass is 9.96. The van der Waals surface area contributed by atoms with E-state index in [1.54, 1.807) is 4.90 Å². The molecule has 0 aliphatic carbocycles.